The summed E-state index contributed by atoms with van der Waals surface area (Å²) in [7, 11) is 0. The largest absolute Gasteiger partial charge is 0.872 e. The van der Waals surface area contributed by atoms with E-state index in [1.807, 2.05) is 17.7 Å². The van der Waals surface area contributed by atoms with Crippen molar-refractivity contribution in [3.63, 3.8) is 0 Å². The van der Waals surface area contributed by atoms with Crippen LogP contribution in [-0.4, -0.2) is 34.7 Å². The van der Waals surface area contributed by atoms with Gasteiger partial charge in [0, 0.05) is 18.5 Å². The second-order valence-electron chi connectivity index (χ2n) is 7.81. The summed E-state index contributed by atoms with van der Waals surface area (Å²) < 4.78 is 20.9. The molecule has 0 bridgehead atoms. The highest BCUT2D eigenvalue weighted by atomic mass is 35.5. The van der Waals surface area contributed by atoms with Crippen molar-refractivity contribution in [1.82, 2.24) is 9.88 Å². The molecule has 7 nitrogen and oxygen atoms in total. The van der Waals surface area contributed by atoms with Gasteiger partial charge in [-0.25, -0.2) is 8.96 Å². The van der Waals surface area contributed by atoms with Crippen molar-refractivity contribution in [3.05, 3.63) is 88.7 Å². The molecule has 2 heterocycles. The van der Waals surface area contributed by atoms with Crippen molar-refractivity contribution in [2.75, 3.05) is 13.2 Å². The molecule has 9 heteroatoms. The van der Waals surface area contributed by atoms with E-state index >= 15 is 0 Å². The van der Waals surface area contributed by atoms with Gasteiger partial charge in [0.05, 0.1) is 24.2 Å². The van der Waals surface area contributed by atoms with Gasteiger partial charge in [0.2, 0.25) is 12.1 Å². The third-order valence-corrected chi connectivity index (χ3v) is 5.92. The third-order valence-electron chi connectivity index (χ3n) is 5.63. The Morgan fingerprint density at radius 2 is 2.00 bits per heavy atom. The van der Waals surface area contributed by atoms with Crippen LogP contribution in [0.3, 0.4) is 0 Å². The van der Waals surface area contributed by atoms with Crippen LogP contribution in [0.5, 0.6) is 5.75 Å². The highest BCUT2D eigenvalue weighted by Gasteiger charge is 2.43. The number of hydrogen-bond acceptors (Lipinski definition) is 4. The Labute approximate surface area is 201 Å². The Morgan fingerprint density at radius 1 is 1.24 bits per heavy atom. The van der Waals surface area contributed by atoms with E-state index in [0.29, 0.717) is 30.9 Å². The fourth-order valence-corrected chi connectivity index (χ4v) is 4.28. The van der Waals surface area contributed by atoms with Crippen LogP contribution in [0.4, 0.5) is 4.39 Å². The number of imidazole rings is 1. The number of carbonyl (C=O) groups is 2. The maximum Gasteiger partial charge on any atom is 0.295 e. The number of nitrogens with zero attached hydrogens (tertiary/aromatic N) is 2. The maximum atomic E-state index is 13.6. The van der Waals surface area contributed by atoms with E-state index in [0.717, 1.165) is 0 Å². The topological polar surface area (TPSA) is 89.3 Å². The van der Waals surface area contributed by atoms with E-state index in [2.05, 4.69) is 4.98 Å². The SMILES string of the molecule is CCOc1ccc(C([O-])=C2C(=O)C(=O)N(CCC[n+]3cc[nH]c3)C2c2ccc(F)cc2)cc1Cl. The molecule has 1 N–H and O–H groups in total. The van der Waals surface area contributed by atoms with Crippen LogP contribution in [0.2, 0.25) is 5.02 Å². The molecule has 1 aliphatic heterocycles. The van der Waals surface area contributed by atoms with Crippen molar-refractivity contribution in [2.24, 2.45) is 0 Å². The number of Topliss-reactive ketones (excluding diaryl/α,β-unsaturated/α-hetero) is 1. The summed E-state index contributed by atoms with van der Waals surface area (Å²) in [5.41, 5.74) is 0.475. The Balaban J connectivity index is 1.73. The zero-order chi connectivity index (χ0) is 24.2. The predicted octanol–water partition coefficient (Wildman–Crippen LogP) is 2.81. The number of nitrogens with one attached hydrogen (secondary N) is 1. The number of halogens is 2. The number of ketones is 1. The van der Waals surface area contributed by atoms with E-state index < -0.39 is 29.3 Å². The fourth-order valence-electron chi connectivity index (χ4n) is 4.05. The molecule has 34 heavy (non-hydrogen) atoms. The molecule has 4 rings (SSSR count). The van der Waals surface area contributed by atoms with Crippen LogP contribution in [0.1, 0.15) is 30.5 Å². The van der Waals surface area contributed by atoms with Gasteiger partial charge < -0.3 is 14.7 Å². The first-order valence-corrected chi connectivity index (χ1v) is 11.2. The van der Waals surface area contributed by atoms with Crippen LogP contribution >= 0.6 is 11.6 Å². The number of aromatic amines is 1. The number of aromatic nitrogens is 2. The number of hydrogen-bond donors (Lipinski definition) is 1. The molecule has 1 amide bonds. The fraction of sp³-hybridized carbons (Fsp3) is 0.240. The summed E-state index contributed by atoms with van der Waals surface area (Å²) in [6.07, 6.45) is 5.96. The predicted molar refractivity (Wildman–Crippen MR) is 121 cm³/mol. The summed E-state index contributed by atoms with van der Waals surface area (Å²) in [6, 6.07) is 9.02. The number of aryl methyl sites for hydroxylation is 1. The second-order valence-corrected chi connectivity index (χ2v) is 8.21. The van der Waals surface area contributed by atoms with Gasteiger partial charge in [0.15, 0.2) is 0 Å². The standard InChI is InChI=1S/C25H23ClFN3O4/c1-2-34-20-9-6-17(14-19(20)26)23(31)21-22(16-4-7-18(27)8-5-16)30(25(33)24(21)32)12-3-11-29-13-10-28-15-29/h4-10,13-15,22H,2-3,11-12H2,1H3,(H,31,32). The van der Waals surface area contributed by atoms with Gasteiger partial charge in [-0.15, -0.1) is 0 Å². The molecule has 1 aliphatic rings. The summed E-state index contributed by atoms with van der Waals surface area (Å²) in [5.74, 6) is -2.26. The molecule has 1 saturated heterocycles. The molecule has 0 aliphatic carbocycles. The van der Waals surface area contributed by atoms with Gasteiger partial charge in [-0.05, 0) is 42.3 Å². The van der Waals surface area contributed by atoms with Crippen LogP contribution < -0.4 is 14.4 Å². The van der Waals surface area contributed by atoms with Gasteiger partial charge in [-0.2, -0.15) is 0 Å². The molecule has 1 unspecified atom stereocenters. The minimum atomic E-state index is -0.922. The van der Waals surface area contributed by atoms with Crippen LogP contribution in [0.15, 0.2) is 66.8 Å². The monoisotopic (exact) mass is 483 g/mol. The lowest BCUT2D eigenvalue weighted by Gasteiger charge is -2.27. The van der Waals surface area contributed by atoms with Gasteiger partial charge >= 0.3 is 0 Å². The van der Waals surface area contributed by atoms with Crippen molar-refractivity contribution < 1.29 is 28.4 Å². The first-order chi connectivity index (χ1) is 16.4. The van der Waals surface area contributed by atoms with Crippen LogP contribution in [0, 0.1) is 5.82 Å². The number of rotatable bonds is 8. The summed E-state index contributed by atoms with van der Waals surface area (Å²) in [6.45, 7) is 3.06. The lowest BCUT2D eigenvalue weighted by Crippen LogP contribution is -2.36. The minimum absolute atomic E-state index is 0.168. The van der Waals surface area contributed by atoms with Gasteiger partial charge in [-0.3, -0.25) is 14.6 Å². The van der Waals surface area contributed by atoms with Crippen LogP contribution in [-0.2, 0) is 16.1 Å². The Bertz CT molecular complexity index is 1230. The highest BCUT2D eigenvalue weighted by Crippen LogP contribution is 2.39. The number of benzene rings is 2. The van der Waals surface area contributed by atoms with Crippen molar-refractivity contribution >= 4 is 29.1 Å². The molecule has 1 fully saturated rings. The van der Waals surface area contributed by atoms with Gasteiger partial charge in [0.25, 0.3) is 5.91 Å². The molecule has 1 aromatic heterocycles. The van der Waals surface area contributed by atoms with E-state index in [4.69, 9.17) is 16.3 Å². The van der Waals surface area contributed by atoms with Crippen molar-refractivity contribution in [1.29, 1.82) is 0 Å². The summed E-state index contributed by atoms with van der Waals surface area (Å²) in [4.78, 5) is 30.3. The second kappa shape index (κ2) is 10.1. The molecular weight excluding hydrogens is 461 g/mol. The highest BCUT2D eigenvalue weighted by molar-refractivity contribution is 6.46. The third kappa shape index (κ3) is 4.68. The maximum absolute atomic E-state index is 13.6. The van der Waals surface area contributed by atoms with Crippen LogP contribution in [0.25, 0.3) is 5.76 Å². The summed E-state index contributed by atoms with van der Waals surface area (Å²) >= 11 is 6.25. The molecule has 0 spiro atoms. The molecule has 2 aromatic carbocycles. The summed E-state index contributed by atoms with van der Waals surface area (Å²) in [5, 5.41) is 13.7. The zero-order valence-corrected chi connectivity index (χ0v) is 19.2. The molecule has 176 valence electrons. The lowest BCUT2D eigenvalue weighted by molar-refractivity contribution is -0.695. The quantitative estimate of drug-likeness (QED) is 0.231. The molecule has 1 atom stereocenters. The molecule has 0 radical (unpaired) electrons. The molecule has 0 saturated carbocycles. The normalized spacial score (nSPS) is 17.4. The number of ether oxygens (including phenoxy) is 1. The first kappa shape index (κ1) is 23.5. The molecule has 3 aromatic rings. The average molecular weight is 484 g/mol. The Kier molecular flexibility index (Phi) is 6.98. The number of H-pyrrole nitrogens is 1. The smallest absolute Gasteiger partial charge is 0.295 e. The van der Waals surface area contributed by atoms with E-state index in [-0.39, 0.29) is 22.7 Å². The van der Waals surface area contributed by atoms with Crippen molar-refractivity contribution in [2.45, 2.75) is 25.9 Å². The molecular formula is C25H23ClFN3O4. The lowest BCUT2D eigenvalue weighted by atomic mass is 9.95. The first-order valence-electron chi connectivity index (χ1n) is 10.9. The van der Waals surface area contributed by atoms with Crippen molar-refractivity contribution in [3.8, 4) is 5.75 Å². The number of carbonyl (C=O) groups excluding carboxylic acids is 2. The zero-order valence-electron chi connectivity index (χ0n) is 18.5. The number of amides is 1. The van der Waals surface area contributed by atoms with E-state index in [1.165, 1.54) is 41.3 Å². The van der Waals surface area contributed by atoms with Gasteiger partial charge in [0.1, 0.15) is 24.0 Å². The van der Waals surface area contributed by atoms with E-state index in [9.17, 15) is 19.1 Å². The Hall–Kier alpha value is -3.65. The number of likely N-dealkylation sites (tertiary alicyclic amines) is 1. The van der Waals surface area contributed by atoms with E-state index in [1.54, 1.807) is 18.6 Å². The average Bonchev–Trinajstić information content (AvgIpc) is 3.43. The Morgan fingerprint density at radius 3 is 2.65 bits per heavy atom. The van der Waals surface area contributed by atoms with Gasteiger partial charge in [-0.1, -0.05) is 35.6 Å². The minimum Gasteiger partial charge on any atom is -0.872 e.